The summed E-state index contributed by atoms with van der Waals surface area (Å²) in [4.78, 5) is 23.7. The van der Waals surface area contributed by atoms with Gasteiger partial charge in [0.2, 0.25) is 5.91 Å². The Kier molecular flexibility index (Phi) is 3.56. The zero-order valence-electron chi connectivity index (χ0n) is 10.1. The van der Waals surface area contributed by atoms with Gasteiger partial charge in [-0.05, 0) is 11.8 Å². The minimum atomic E-state index is -0.575. The van der Waals surface area contributed by atoms with Gasteiger partial charge in [-0.2, -0.15) is 4.68 Å². The molecular formula is C10H15N5O3. The van der Waals surface area contributed by atoms with E-state index in [2.05, 4.69) is 10.4 Å². The quantitative estimate of drug-likeness (QED) is 0.585. The predicted octanol–water partition coefficient (Wildman–Crippen LogP) is -0.388. The molecule has 2 heterocycles. The fourth-order valence-electron chi connectivity index (χ4n) is 1.98. The molecule has 18 heavy (non-hydrogen) atoms. The maximum Gasteiger partial charge on any atom is 0.389 e. The number of nitro groups is 1. The highest BCUT2D eigenvalue weighted by Crippen LogP contribution is 2.07. The van der Waals surface area contributed by atoms with Gasteiger partial charge in [-0.3, -0.25) is 4.79 Å². The Morgan fingerprint density at radius 3 is 3.11 bits per heavy atom. The molecule has 0 unspecified atom stereocenters. The molecule has 1 fully saturated rings. The maximum absolute atomic E-state index is 12.0. The number of hydrogen-bond donors (Lipinski definition) is 1. The van der Waals surface area contributed by atoms with Crippen LogP contribution in [0, 0.1) is 10.1 Å². The van der Waals surface area contributed by atoms with Crippen LogP contribution < -0.4 is 5.32 Å². The first-order valence-corrected chi connectivity index (χ1v) is 5.76. The number of aromatic nitrogens is 2. The van der Waals surface area contributed by atoms with Crippen molar-refractivity contribution in [2.24, 2.45) is 0 Å². The van der Waals surface area contributed by atoms with E-state index in [0.717, 1.165) is 13.1 Å². The number of piperazine rings is 1. The molecule has 98 valence electrons. The largest absolute Gasteiger partial charge is 0.389 e. The molecule has 1 aliphatic rings. The summed E-state index contributed by atoms with van der Waals surface area (Å²) in [5.41, 5.74) is 0. The first kappa shape index (κ1) is 12.5. The predicted molar refractivity (Wildman–Crippen MR) is 62.9 cm³/mol. The normalized spacial score (nSPS) is 19.8. The van der Waals surface area contributed by atoms with Crippen molar-refractivity contribution in [1.29, 1.82) is 0 Å². The SMILES string of the molecule is C[C@@H]1CNCCN1C(=O)Cn1ccc([N+](=O)[O-])n1. The Hall–Kier alpha value is -1.96. The van der Waals surface area contributed by atoms with Gasteiger partial charge in [-0.1, -0.05) is 0 Å². The summed E-state index contributed by atoms with van der Waals surface area (Å²) in [6.45, 7) is 4.21. The minimum absolute atomic E-state index is 0.0399. The second-order valence-corrected chi connectivity index (χ2v) is 4.27. The number of amides is 1. The summed E-state index contributed by atoms with van der Waals surface area (Å²) < 4.78 is 1.30. The molecule has 1 aliphatic heterocycles. The molecule has 1 aromatic rings. The van der Waals surface area contributed by atoms with Crippen LogP contribution in [0.4, 0.5) is 5.82 Å². The number of carbonyl (C=O) groups is 1. The molecule has 8 nitrogen and oxygen atoms in total. The van der Waals surface area contributed by atoms with Crippen LogP contribution in [0.2, 0.25) is 0 Å². The standard InChI is InChI=1S/C10H15N5O3/c1-8-6-11-3-5-14(8)10(16)7-13-4-2-9(12-13)15(17)18/h2,4,8,11H,3,5-7H2,1H3/t8-/m1/s1. The molecule has 0 aliphatic carbocycles. The van der Waals surface area contributed by atoms with Gasteiger partial charge < -0.3 is 20.3 Å². The summed E-state index contributed by atoms with van der Waals surface area (Å²) in [5.74, 6) is -0.307. The van der Waals surface area contributed by atoms with Gasteiger partial charge in [-0.15, -0.1) is 0 Å². The van der Waals surface area contributed by atoms with Crippen LogP contribution in [-0.4, -0.2) is 51.2 Å². The minimum Gasteiger partial charge on any atom is -0.358 e. The number of nitrogens with one attached hydrogen (secondary N) is 1. The molecule has 1 aromatic heterocycles. The summed E-state index contributed by atoms with van der Waals surface area (Å²) >= 11 is 0. The number of rotatable bonds is 3. The van der Waals surface area contributed by atoms with E-state index in [1.807, 2.05) is 6.92 Å². The molecule has 0 saturated carbocycles. The van der Waals surface area contributed by atoms with E-state index in [9.17, 15) is 14.9 Å². The molecule has 0 radical (unpaired) electrons. The lowest BCUT2D eigenvalue weighted by atomic mass is 10.2. The number of hydrogen-bond acceptors (Lipinski definition) is 5. The van der Waals surface area contributed by atoms with Crippen molar-refractivity contribution in [2.75, 3.05) is 19.6 Å². The number of carbonyl (C=O) groups excluding carboxylic acids is 1. The van der Waals surface area contributed by atoms with E-state index >= 15 is 0 Å². The Morgan fingerprint density at radius 2 is 2.50 bits per heavy atom. The molecule has 2 rings (SSSR count). The average Bonchev–Trinajstić information content (AvgIpc) is 2.78. The first-order chi connectivity index (χ1) is 8.58. The molecule has 8 heteroatoms. The van der Waals surface area contributed by atoms with Gasteiger partial charge in [0.05, 0.1) is 17.4 Å². The third-order valence-corrected chi connectivity index (χ3v) is 2.93. The summed E-state index contributed by atoms with van der Waals surface area (Å²) in [6, 6.07) is 1.42. The number of nitrogens with zero attached hydrogens (tertiary/aromatic N) is 4. The van der Waals surface area contributed by atoms with Gasteiger partial charge in [0.25, 0.3) is 0 Å². The van der Waals surface area contributed by atoms with E-state index in [1.54, 1.807) is 4.90 Å². The van der Waals surface area contributed by atoms with Crippen LogP contribution in [-0.2, 0) is 11.3 Å². The zero-order chi connectivity index (χ0) is 13.1. The van der Waals surface area contributed by atoms with E-state index in [0.29, 0.717) is 6.54 Å². The van der Waals surface area contributed by atoms with Crippen LogP contribution in [0.25, 0.3) is 0 Å². The molecule has 1 amide bonds. The van der Waals surface area contributed by atoms with Gasteiger partial charge in [0.15, 0.2) is 0 Å². The van der Waals surface area contributed by atoms with Crippen molar-refractivity contribution in [3.05, 3.63) is 22.4 Å². The van der Waals surface area contributed by atoms with Crippen molar-refractivity contribution in [3.63, 3.8) is 0 Å². The molecule has 0 bridgehead atoms. The Labute approximate surface area is 104 Å². The lowest BCUT2D eigenvalue weighted by molar-refractivity contribution is -0.389. The highest BCUT2D eigenvalue weighted by molar-refractivity contribution is 5.76. The monoisotopic (exact) mass is 253 g/mol. The van der Waals surface area contributed by atoms with Crippen LogP contribution in [0.3, 0.4) is 0 Å². The second-order valence-electron chi connectivity index (χ2n) is 4.27. The van der Waals surface area contributed by atoms with Crippen LogP contribution in [0.1, 0.15) is 6.92 Å². The fourth-order valence-corrected chi connectivity index (χ4v) is 1.98. The van der Waals surface area contributed by atoms with Gasteiger partial charge in [0, 0.05) is 25.7 Å². The third-order valence-electron chi connectivity index (χ3n) is 2.93. The summed E-state index contributed by atoms with van der Waals surface area (Å²) in [5, 5.41) is 17.4. The average molecular weight is 253 g/mol. The highest BCUT2D eigenvalue weighted by atomic mass is 16.6. The fraction of sp³-hybridized carbons (Fsp3) is 0.600. The molecule has 1 N–H and O–H groups in total. The smallest absolute Gasteiger partial charge is 0.358 e. The maximum atomic E-state index is 12.0. The zero-order valence-corrected chi connectivity index (χ0v) is 10.1. The molecule has 0 aromatic carbocycles. The van der Waals surface area contributed by atoms with Crippen LogP contribution >= 0.6 is 0 Å². The van der Waals surface area contributed by atoms with Gasteiger partial charge >= 0.3 is 5.82 Å². The lowest BCUT2D eigenvalue weighted by Crippen LogP contribution is -2.53. The Bertz CT molecular complexity index is 458. The van der Waals surface area contributed by atoms with Crippen LogP contribution in [0.15, 0.2) is 12.3 Å². The van der Waals surface area contributed by atoms with Crippen molar-refractivity contribution < 1.29 is 9.72 Å². The summed E-state index contributed by atoms with van der Waals surface area (Å²) in [7, 11) is 0. The van der Waals surface area contributed by atoms with Crippen molar-refractivity contribution >= 4 is 11.7 Å². The van der Waals surface area contributed by atoms with E-state index in [4.69, 9.17) is 0 Å². The van der Waals surface area contributed by atoms with Crippen molar-refractivity contribution in [3.8, 4) is 0 Å². The Balaban J connectivity index is 1.99. The topological polar surface area (TPSA) is 93.3 Å². The molecule has 0 spiro atoms. The highest BCUT2D eigenvalue weighted by Gasteiger charge is 2.24. The van der Waals surface area contributed by atoms with Gasteiger partial charge in [-0.25, -0.2) is 0 Å². The molecule has 1 saturated heterocycles. The molecule has 1 atom stereocenters. The summed E-state index contributed by atoms with van der Waals surface area (Å²) in [6.07, 6.45) is 1.45. The Morgan fingerprint density at radius 1 is 1.72 bits per heavy atom. The lowest BCUT2D eigenvalue weighted by Gasteiger charge is -2.33. The second kappa shape index (κ2) is 5.13. The van der Waals surface area contributed by atoms with E-state index in [1.165, 1.54) is 16.9 Å². The van der Waals surface area contributed by atoms with Crippen molar-refractivity contribution in [2.45, 2.75) is 19.5 Å². The third kappa shape index (κ3) is 2.65. The molecular weight excluding hydrogens is 238 g/mol. The van der Waals surface area contributed by atoms with E-state index in [-0.39, 0.29) is 24.3 Å². The first-order valence-electron chi connectivity index (χ1n) is 5.76. The van der Waals surface area contributed by atoms with E-state index < -0.39 is 4.92 Å². The van der Waals surface area contributed by atoms with Gasteiger partial charge in [0.1, 0.15) is 6.54 Å². The van der Waals surface area contributed by atoms with Crippen molar-refractivity contribution in [1.82, 2.24) is 20.0 Å². The van der Waals surface area contributed by atoms with Crippen LogP contribution in [0.5, 0.6) is 0 Å².